The molecule has 158 valence electrons. The summed E-state index contributed by atoms with van der Waals surface area (Å²) in [5.74, 6) is 4.33. The Balaban J connectivity index is 1.44. The van der Waals surface area contributed by atoms with Crippen LogP contribution < -0.4 is 5.32 Å². The number of hydrogen-bond donors (Lipinski definition) is 1. The van der Waals surface area contributed by atoms with Crippen LogP contribution in [0.5, 0.6) is 0 Å². The molecule has 0 radical (unpaired) electrons. The molecule has 3 fully saturated rings. The molecule has 3 heterocycles. The largest absolute Gasteiger partial charge is 0.314 e. The zero-order valence-corrected chi connectivity index (χ0v) is 18.8. The minimum absolute atomic E-state index is 0.762. The van der Waals surface area contributed by atoms with Gasteiger partial charge in [0.05, 0.1) is 0 Å². The maximum absolute atomic E-state index is 3.78. The maximum Gasteiger partial charge on any atom is 0.0105 e. The van der Waals surface area contributed by atoms with Gasteiger partial charge in [-0.25, -0.2) is 0 Å². The maximum atomic E-state index is 3.78. The van der Waals surface area contributed by atoms with E-state index in [0.717, 1.165) is 35.6 Å². The van der Waals surface area contributed by atoms with E-state index in [1.807, 2.05) is 0 Å². The van der Waals surface area contributed by atoms with Crippen LogP contribution in [0.15, 0.2) is 0 Å². The van der Waals surface area contributed by atoms with Crippen molar-refractivity contribution in [1.82, 2.24) is 15.1 Å². The van der Waals surface area contributed by atoms with Crippen LogP contribution in [0, 0.1) is 29.6 Å². The summed E-state index contributed by atoms with van der Waals surface area (Å²) < 4.78 is 0. The quantitative estimate of drug-likeness (QED) is 0.705. The van der Waals surface area contributed by atoms with Crippen molar-refractivity contribution in [3.63, 3.8) is 0 Å². The van der Waals surface area contributed by atoms with E-state index in [-0.39, 0.29) is 0 Å². The van der Waals surface area contributed by atoms with Crippen molar-refractivity contribution >= 4 is 0 Å². The zero-order chi connectivity index (χ0) is 19.2. The molecule has 0 amide bonds. The molecule has 0 bridgehead atoms. The van der Waals surface area contributed by atoms with E-state index in [2.05, 4.69) is 42.8 Å². The van der Waals surface area contributed by atoms with Crippen molar-refractivity contribution < 1.29 is 0 Å². The lowest BCUT2D eigenvalue weighted by Gasteiger charge is -2.41. The fourth-order valence-corrected chi connectivity index (χ4v) is 5.98. The lowest BCUT2D eigenvalue weighted by atomic mass is 9.83. The fourth-order valence-electron chi connectivity index (χ4n) is 5.98. The van der Waals surface area contributed by atoms with E-state index < -0.39 is 0 Å². The lowest BCUT2D eigenvalue weighted by molar-refractivity contribution is 0.0777. The molecule has 3 aliphatic rings. The highest BCUT2D eigenvalue weighted by Crippen LogP contribution is 2.29. The first-order valence-corrected chi connectivity index (χ1v) is 12.2. The number of nitrogens with zero attached hydrogens (tertiary/aromatic N) is 2. The van der Waals surface area contributed by atoms with E-state index >= 15 is 0 Å². The van der Waals surface area contributed by atoms with Gasteiger partial charge >= 0.3 is 0 Å². The first-order chi connectivity index (χ1) is 13.0. The van der Waals surface area contributed by atoms with Gasteiger partial charge in [0.15, 0.2) is 0 Å². The predicted octanol–water partition coefficient (Wildman–Crippen LogP) is 4.48. The second kappa shape index (κ2) is 10.6. The van der Waals surface area contributed by atoms with E-state index in [4.69, 9.17) is 0 Å². The minimum atomic E-state index is 0.762. The summed E-state index contributed by atoms with van der Waals surface area (Å²) in [6, 6.07) is 0.762. The second-order valence-electron chi connectivity index (χ2n) is 10.6. The molecule has 3 saturated heterocycles. The van der Waals surface area contributed by atoms with Crippen molar-refractivity contribution in [3.05, 3.63) is 0 Å². The Hall–Kier alpha value is -0.120. The van der Waals surface area contributed by atoms with Crippen LogP contribution in [0.2, 0.25) is 0 Å². The van der Waals surface area contributed by atoms with Crippen LogP contribution in [0.3, 0.4) is 0 Å². The first-order valence-electron chi connectivity index (χ1n) is 12.2. The standard InChI is InChI=1S/C24H47N3/c1-19(2)22-9-7-13-26(17-22)15-20(3)23-10-8-14-27(18-23)16-21(4)24-11-5-6-12-25-24/h19-25H,5-18H2,1-4H3/t20?,21?,22-,23+,24?/m1/s1. The summed E-state index contributed by atoms with van der Waals surface area (Å²) in [7, 11) is 0. The zero-order valence-electron chi connectivity index (χ0n) is 18.8. The summed E-state index contributed by atoms with van der Waals surface area (Å²) in [4.78, 5) is 5.60. The highest BCUT2D eigenvalue weighted by Gasteiger charge is 2.30. The van der Waals surface area contributed by atoms with Crippen LogP contribution in [0.25, 0.3) is 0 Å². The summed E-state index contributed by atoms with van der Waals surface area (Å²) in [5, 5.41) is 3.78. The number of rotatable bonds is 7. The van der Waals surface area contributed by atoms with Gasteiger partial charge in [0.25, 0.3) is 0 Å². The van der Waals surface area contributed by atoms with Crippen LogP contribution in [0.1, 0.15) is 72.6 Å². The molecule has 0 spiro atoms. The van der Waals surface area contributed by atoms with Crippen molar-refractivity contribution in [3.8, 4) is 0 Å². The van der Waals surface area contributed by atoms with Crippen molar-refractivity contribution in [2.75, 3.05) is 45.8 Å². The van der Waals surface area contributed by atoms with Gasteiger partial charge in [-0.1, -0.05) is 34.1 Å². The molecule has 3 heteroatoms. The predicted molar refractivity (Wildman–Crippen MR) is 117 cm³/mol. The molecule has 0 aromatic carbocycles. The minimum Gasteiger partial charge on any atom is -0.314 e. The number of hydrogen-bond acceptors (Lipinski definition) is 3. The summed E-state index contributed by atoms with van der Waals surface area (Å²) in [5.41, 5.74) is 0. The van der Waals surface area contributed by atoms with E-state index in [1.54, 1.807) is 0 Å². The number of piperidine rings is 3. The van der Waals surface area contributed by atoms with Crippen LogP contribution in [0.4, 0.5) is 0 Å². The molecule has 27 heavy (non-hydrogen) atoms. The van der Waals surface area contributed by atoms with Gasteiger partial charge in [-0.05, 0) is 87.7 Å². The molecule has 5 atom stereocenters. The summed E-state index contributed by atoms with van der Waals surface area (Å²) >= 11 is 0. The third-order valence-corrected chi connectivity index (χ3v) is 7.96. The SMILES string of the molecule is CC(CN1CCC[C@H](C(C)CN2CCC[C@@H](C(C)C)C2)C1)C1CCCCN1. The molecular formula is C24H47N3. The molecule has 0 saturated carbocycles. The Labute approximate surface area is 169 Å². The first kappa shape index (κ1) is 21.6. The van der Waals surface area contributed by atoms with Gasteiger partial charge in [0.2, 0.25) is 0 Å². The fraction of sp³-hybridized carbons (Fsp3) is 1.00. The Bertz CT molecular complexity index is 418. The summed E-state index contributed by atoms with van der Waals surface area (Å²) in [6.07, 6.45) is 9.92. The van der Waals surface area contributed by atoms with Gasteiger partial charge in [-0.3, -0.25) is 0 Å². The van der Waals surface area contributed by atoms with E-state index in [9.17, 15) is 0 Å². The monoisotopic (exact) mass is 377 g/mol. The molecule has 1 N–H and O–H groups in total. The Morgan fingerprint density at radius 1 is 0.741 bits per heavy atom. The third kappa shape index (κ3) is 6.44. The van der Waals surface area contributed by atoms with Crippen LogP contribution >= 0.6 is 0 Å². The Morgan fingerprint density at radius 3 is 2.00 bits per heavy atom. The van der Waals surface area contributed by atoms with Gasteiger partial charge < -0.3 is 15.1 Å². The van der Waals surface area contributed by atoms with Crippen molar-refractivity contribution in [2.45, 2.75) is 78.7 Å². The molecule has 0 aliphatic carbocycles. The highest BCUT2D eigenvalue weighted by atomic mass is 15.2. The average molecular weight is 378 g/mol. The molecule has 0 aromatic heterocycles. The van der Waals surface area contributed by atoms with E-state index in [1.165, 1.54) is 90.8 Å². The molecule has 3 nitrogen and oxygen atoms in total. The second-order valence-corrected chi connectivity index (χ2v) is 10.6. The van der Waals surface area contributed by atoms with Crippen LogP contribution in [-0.4, -0.2) is 61.7 Å². The smallest absolute Gasteiger partial charge is 0.0105 e. The van der Waals surface area contributed by atoms with Crippen molar-refractivity contribution in [2.24, 2.45) is 29.6 Å². The molecule has 0 aromatic rings. The average Bonchev–Trinajstić information content (AvgIpc) is 2.69. The number of nitrogens with one attached hydrogen (secondary N) is 1. The molecule has 3 unspecified atom stereocenters. The van der Waals surface area contributed by atoms with Gasteiger partial charge in [0.1, 0.15) is 0 Å². The van der Waals surface area contributed by atoms with Gasteiger partial charge in [-0.15, -0.1) is 0 Å². The normalized spacial score (nSPS) is 33.9. The van der Waals surface area contributed by atoms with E-state index in [0.29, 0.717) is 0 Å². The third-order valence-electron chi connectivity index (χ3n) is 7.96. The molecule has 3 rings (SSSR count). The van der Waals surface area contributed by atoms with Crippen molar-refractivity contribution in [1.29, 1.82) is 0 Å². The molecular weight excluding hydrogens is 330 g/mol. The highest BCUT2D eigenvalue weighted by molar-refractivity contribution is 4.84. The Kier molecular flexibility index (Phi) is 8.47. The number of likely N-dealkylation sites (tertiary alicyclic amines) is 2. The molecule has 3 aliphatic heterocycles. The van der Waals surface area contributed by atoms with Gasteiger partial charge in [0, 0.05) is 32.2 Å². The summed E-state index contributed by atoms with van der Waals surface area (Å²) in [6.45, 7) is 19.1. The Morgan fingerprint density at radius 2 is 1.37 bits per heavy atom. The van der Waals surface area contributed by atoms with Crippen LogP contribution in [-0.2, 0) is 0 Å². The lowest BCUT2D eigenvalue weighted by Crippen LogP contribution is -2.47. The topological polar surface area (TPSA) is 18.5 Å². The van der Waals surface area contributed by atoms with Gasteiger partial charge in [-0.2, -0.15) is 0 Å².